The minimum Gasteiger partial charge on any atom is -0.399 e. The molecule has 2 rings (SSSR count). The number of hydrogen-bond acceptors (Lipinski definition) is 2. The first-order chi connectivity index (χ1) is 7.66. The van der Waals surface area contributed by atoms with Gasteiger partial charge in [-0.3, -0.25) is 4.79 Å². The van der Waals surface area contributed by atoms with Crippen molar-refractivity contribution in [3.05, 3.63) is 54.1 Å². The van der Waals surface area contributed by atoms with Gasteiger partial charge in [0.2, 0.25) is 0 Å². The molecule has 0 fully saturated rings. The summed E-state index contributed by atoms with van der Waals surface area (Å²) in [7, 11) is 0. The van der Waals surface area contributed by atoms with Gasteiger partial charge in [-0.2, -0.15) is 0 Å². The summed E-state index contributed by atoms with van der Waals surface area (Å²) in [6.07, 6.45) is 0. The van der Waals surface area contributed by atoms with Gasteiger partial charge in [0.15, 0.2) is 0 Å². The second-order valence-corrected chi connectivity index (χ2v) is 3.82. The Morgan fingerprint density at radius 2 is 1.31 bits per heavy atom. The number of anilines is 1. The zero-order valence-electron chi connectivity index (χ0n) is 8.48. The molecule has 0 spiro atoms. The van der Waals surface area contributed by atoms with Crippen LogP contribution in [0.1, 0.15) is 10.4 Å². The van der Waals surface area contributed by atoms with Gasteiger partial charge in [0.05, 0.1) is 0 Å². The Balaban J connectivity index is 2.34. The number of carbonyl (C=O) groups excluding carboxylic acids is 1. The number of benzene rings is 2. The molecule has 0 radical (unpaired) electrons. The van der Waals surface area contributed by atoms with E-state index < -0.39 is 5.24 Å². The van der Waals surface area contributed by atoms with Gasteiger partial charge in [0.1, 0.15) is 0 Å². The lowest BCUT2D eigenvalue weighted by molar-refractivity contribution is 0.108. The molecule has 0 bridgehead atoms. The van der Waals surface area contributed by atoms with Crippen LogP contribution >= 0.6 is 11.6 Å². The summed E-state index contributed by atoms with van der Waals surface area (Å²) in [6, 6.07) is 14.7. The lowest BCUT2D eigenvalue weighted by atomic mass is 10.0. The Kier molecular flexibility index (Phi) is 2.93. The third kappa shape index (κ3) is 2.23. The number of nitrogens with two attached hydrogens (primary N) is 1. The molecule has 0 aliphatic carbocycles. The van der Waals surface area contributed by atoms with Crippen molar-refractivity contribution < 1.29 is 4.79 Å². The Bertz CT molecular complexity index is 502. The molecule has 0 unspecified atom stereocenters. The number of hydrogen-bond donors (Lipinski definition) is 1. The maximum absolute atomic E-state index is 10.9. The molecule has 0 saturated heterocycles. The molecule has 0 aromatic heterocycles. The van der Waals surface area contributed by atoms with E-state index >= 15 is 0 Å². The van der Waals surface area contributed by atoms with Gasteiger partial charge in [0, 0.05) is 11.3 Å². The summed E-state index contributed by atoms with van der Waals surface area (Å²) in [5.74, 6) is 0. The van der Waals surface area contributed by atoms with Gasteiger partial charge < -0.3 is 5.73 Å². The molecule has 0 aliphatic heterocycles. The second kappa shape index (κ2) is 4.37. The maximum atomic E-state index is 10.9. The van der Waals surface area contributed by atoms with E-state index in [2.05, 4.69) is 0 Å². The van der Waals surface area contributed by atoms with Crippen LogP contribution in [0, 0.1) is 0 Å². The van der Waals surface area contributed by atoms with Crippen molar-refractivity contribution in [3.8, 4) is 11.1 Å². The lowest BCUT2D eigenvalue weighted by Crippen LogP contribution is -1.88. The highest BCUT2D eigenvalue weighted by molar-refractivity contribution is 6.67. The van der Waals surface area contributed by atoms with Gasteiger partial charge in [-0.05, 0) is 47.0 Å². The molecule has 2 N–H and O–H groups in total. The molecule has 2 aromatic rings. The molecule has 0 heterocycles. The molecule has 80 valence electrons. The van der Waals surface area contributed by atoms with E-state index in [0.29, 0.717) is 5.56 Å². The van der Waals surface area contributed by atoms with E-state index in [-0.39, 0.29) is 0 Å². The first kappa shape index (κ1) is 10.7. The summed E-state index contributed by atoms with van der Waals surface area (Å²) in [4.78, 5) is 10.9. The van der Waals surface area contributed by atoms with Crippen LogP contribution in [-0.4, -0.2) is 5.24 Å². The normalized spacial score (nSPS) is 10.1. The quantitative estimate of drug-likeness (QED) is 0.637. The fourth-order valence-corrected chi connectivity index (χ4v) is 1.60. The molecule has 2 aromatic carbocycles. The predicted molar refractivity (Wildman–Crippen MR) is 66.5 cm³/mol. The molecule has 0 saturated carbocycles. The van der Waals surface area contributed by atoms with Crippen molar-refractivity contribution in [2.24, 2.45) is 0 Å². The number of rotatable bonds is 2. The van der Waals surface area contributed by atoms with Gasteiger partial charge in [-0.1, -0.05) is 24.3 Å². The van der Waals surface area contributed by atoms with Gasteiger partial charge >= 0.3 is 0 Å². The fourth-order valence-electron chi connectivity index (χ4n) is 1.47. The van der Waals surface area contributed by atoms with E-state index in [1.165, 1.54) is 0 Å². The van der Waals surface area contributed by atoms with Crippen LogP contribution in [0.5, 0.6) is 0 Å². The maximum Gasteiger partial charge on any atom is 0.252 e. The zero-order valence-corrected chi connectivity index (χ0v) is 9.24. The number of carbonyl (C=O) groups is 1. The summed E-state index contributed by atoms with van der Waals surface area (Å²) < 4.78 is 0. The molecule has 2 nitrogen and oxygen atoms in total. The molecule has 0 atom stereocenters. The van der Waals surface area contributed by atoms with Crippen LogP contribution in [0.3, 0.4) is 0 Å². The largest absolute Gasteiger partial charge is 0.399 e. The van der Waals surface area contributed by atoms with Crippen LogP contribution in [0.15, 0.2) is 48.5 Å². The Morgan fingerprint density at radius 1 is 0.875 bits per heavy atom. The third-order valence-electron chi connectivity index (χ3n) is 2.36. The minimum atomic E-state index is -0.441. The van der Waals surface area contributed by atoms with Gasteiger partial charge in [-0.25, -0.2) is 0 Å². The third-order valence-corrected chi connectivity index (χ3v) is 2.57. The fraction of sp³-hybridized carbons (Fsp3) is 0. The molecule has 0 amide bonds. The molecular formula is C13H10ClNO. The molecule has 0 aliphatic rings. The highest BCUT2D eigenvalue weighted by atomic mass is 35.5. The topological polar surface area (TPSA) is 43.1 Å². The highest BCUT2D eigenvalue weighted by Crippen LogP contribution is 2.21. The molecular weight excluding hydrogens is 222 g/mol. The van der Waals surface area contributed by atoms with Gasteiger partial charge in [0.25, 0.3) is 5.24 Å². The summed E-state index contributed by atoms with van der Waals surface area (Å²) in [5.41, 5.74) is 8.93. The average Bonchev–Trinajstić information content (AvgIpc) is 2.30. The van der Waals surface area contributed by atoms with E-state index in [0.717, 1.165) is 16.8 Å². The van der Waals surface area contributed by atoms with E-state index in [9.17, 15) is 4.79 Å². The Hall–Kier alpha value is -1.80. The first-order valence-electron chi connectivity index (χ1n) is 4.82. The lowest BCUT2D eigenvalue weighted by Gasteiger charge is -2.02. The van der Waals surface area contributed by atoms with E-state index in [1.54, 1.807) is 12.1 Å². The standard InChI is InChI=1S/C13H10ClNO/c14-13(16)11-3-1-9(2-4-11)10-5-7-12(15)8-6-10/h1-8H,15H2. The molecule has 16 heavy (non-hydrogen) atoms. The Morgan fingerprint density at radius 3 is 1.75 bits per heavy atom. The summed E-state index contributed by atoms with van der Waals surface area (Å²) in [5, 5.41) is -0.441. The van der Waals surface area contributed by atoms with Crippen molar-refractivity contribution in [2.45, 2.75) is 0 Å². The van der Waals surface area contributed by atoms with Crippen LogP contribution in [0.4, 0.5) is 5.69 Å². The predicted octanol–water partition coefficient (Wildman–Crippen LogP) is 3.31. The van der Waals surface area contributed by atoms with Crippen LogP contribution < -0.4 is 5.73 Å². The first-order valence-corrected chi connectivity index (χ1v) is 5.20. The minimum absolute atomic E-state index is 0.441. The zero-order chi connectivity index (χ0) is 11.5. The highest BCUT2D eigenvalue weighted by Gasteiger charge is 2.02. The SMILES string of the molecule is Nc1ccc(-c2ccc(C(=O)Cl)cc2)cc1. The summed E-state index contributed by atoms with van der Waals surface area (Å²) in [6.45, 7) is 0. The van der Waals surface area contributed by atoms with Crippen molar-refractivity contribution >= 4 is 22.5 Å². The number of halogens is 1. The van der Waals surface area contributed by atoms with Crippen LogP contribution in [-0.2, 0) is 0 Å². The summed E-state index contributed by atoms with van der Waals surface area (Å²) >= 11 is 5.37. The second-order valence-electron chi connectivity index (χ2n) is 3.47. The van der Waals surface area contributed by atoms with Crippen molar-refractivity contribution in [3.63, 3.8) is 0 Å². The van der Waals surface area contributed by atoms with E-state index in [4.69, 9.17) is 17.3 Å². The molecule has 3 heteroatoms. The van der Waals surface area contributed by atoms with Gasteiger partial charge in [-0.15, -0.1) is 0 Å². The smallest absolute Gasteiger partial charge is 0.252 e. The van der Waals surface area contributed by atoms with Crippen molar-refractivity contribution in [1.82, 2.24) is 0 Å². The van der Waals surface area contributed by atoms with E-state index in [1.807, 2.05) is 36.4 Å². The van der Waals surface area contributed by atoms with Crippen LogP contribution in [0.2, 0.25) is 0 Å². The Labute approximate surface area is 98.7 Å². The monoisotopic (exact) mass is 231 g/mol. The van der Waals surface area contributed by atoms with Crippen molar-refractivity contribution in [1.29, 1.82) is 0 Å². The average molecular weight is 232 g/mol. The van der Waals surface area contributed by atoms with Crippen molar-refractivity contribution in [2.75, 3.05) is 5.73 Å². The number of nitrogen functional groups attached to an aromatic ring is 1. The van der Waals surface area contributed by atoms with Crippen LogP contribution in [0.25, 0.3) is 11.1 Å².